The number of pyridine rings is 1. The van der Waals surface area contributed by atoms with Gasteiger partial charge in [0.25, 0.3) is 5.56 Å². The lowest BCUT2D eigenvalue weighted by Crippen LogP contribution is -2.24. The maximum Gasteiger partial charge on any atom is 0.264 e. The number of H-pyrrole nitrogens is 1. The van der Waals surface area contributed by atoms with E-state index in [1.54, 1.807) is 30.1 Å². The zero-order chi connectivity index (χ0) is 18.8. The number of anilines is 1. The molecule has 0 saturated heterocycles. The van der Waals surface area contributed by atoms with Gasteiger partial charge in [-0.05, 0) is 45.6 Å². The zero-order valence-electron chi connectivity index (χ0n) is 15.4. The van der Waals surface area contributed by atoms with Crippen LogP contribution in [0.5, 0.6) is 0 Å². The number of nitrogens with zero attached hydrogens (tertiary/aromatic N) is 4. The minimum atomic E-state index is -1.03. The van der Waals surface area contributed by atoms with Crippen molar-refractivity contribution in [1.82, 2.24) is 24.5 Å². The van der Waals surface area contributed by atoms with E-state index >= 15 is 0 Å². The maximum atomic E-state index is 13.0. The molecule has 1 unspecified atom stereocenters. The van der Waals surface area contributed by atoms with Crippen LogP contribution in [0.25, 0.3) is 22.2 Å². The molecule has 138 valence electrons. The van der Waals surface area contributed by atoms with Crippen molar-refractivity contribution in [3.8, 4) is 11.3 Å². The van der Waals surface area contributed by atoms with Gasteiger partial charge in [0, 0.05) is 24.8 Å². The van der Waals surface area contributed by atoms with Crippen molar-refractivity contribution in [2.45, 2.75) is 45.3 Å². The molecule has 3 aromatic heterocycles. The van der Waals surface area contributed by atoms with Gasteiger partial charge in [-0.15, -0.1) is 0 Å². The van der Waals surface area contributed by atoms with Crippen molar-refractivity contribution >= 4 is 16.7 Å². The zero-order valence-corrected chi connectivity index (χ0v) is 15.4. The van der Waals surface area contributed by atoms with Gasteiger partial charge in [0.05, 0.1) is 16.9 Å². The van der Waals surface area contributed by atoms with Crippen LogP contribution >= 0.6 is 0 Å². The maximum absolute atomic E-state index is 13.0. The summed E-state index contributed by atoms with van der Waals surface area (Å²) in [7, 11) is 1.79. The average molecular weight is 356 g/mol. The summed E-state index contributed by atoms with van der Waals surface area (Å²) in [6.45, 7) is 5.49. The van der Waals surface area contributed by atoms with Crippen molar-refractivity contribution in [3.05, 3.63) is 28.3 Å². The number of nitrogen functional groups attached to an aromatic ring is 1. The van der Waals surface area contributed by atoms with E-state index in [0.29, 0.717) is 28.2 Å². The number of aromatic nitrogens is 5. The van der Waals surface area contributed by atoms with Crippen molar-refractivity contribution in [2.75, 3.05) is 5.73 Å². The number of aromatic amines is 1. The predicted molar refractivity (Wildman–Crippen MR) is 99.6 cm³/mol. The molecule has 3 heterocycles. The second kappa shape index (κ2) is 5.44. The second-order valence-electron chi connectivity index (χ2n) is 7.79. The van der Waals surface area contributed by atoms with Gasteiger partial charge in [-0.2, -0.15) is 10.2 Å². The Morgan fingerprint density at radius 2 is 2.12 bits per heavy atom. The molecule has 1 saturated carbocycles. The standard InChI is InChI=1S/C18H24N6O2/c1-9(10-5-6-10)24-8-11(15-14(17(24)25)16(19)21-20-15)12-7-13(18(2,3)26)23(4)22-12/h7-10,26H,5-6H2,1-4H3,(H3,19,20,21). The molecule has 1 aliphatic carbocycles. The van der Waals surface area contributed by atoms with Crippen LogP contribution in [0.2, 0.25) is 0 Å². The third-order valence-corrected chi connectivity index (χ3v) is 5.31. The van der Waals surface area contributed by atoms with E-state index in [1.807, 2.05) is 12.3 Å². The predicted octanol–water partition coefficient (Wildman–Crippen LogP) is 1.91. The Hall–Kier alpha value is -2.61. The average Bonchev–Trinajstić information content (AvgIpc) is 3.22. The van der Waals surface area contributed by atoms with Gasteiger partial charge in [0.1, 0.15) is 11.0 Å². The molecule has 0 bridgehead atoms. The molecular formula is C18H24N6O2. The highest BCUT2D eigenvalue weighted by molar-refractivity contribution is 5.97. The van der Waals surface area contributed by atoms with Crippen LogP contribution < -0.4 is 11.3 Å². The molecule has 1 atom stereocenters. The summed E-state index contributed by atoms with van der Waals surface area (Å²) in [6.07, 6.45) is 4.10. The van der Waals surface area contributed by atoms with E-state index in [-0.39, 0.29) is 17.4 Å². The monoisotopic (exact) mass is 356 g/mol. The molecule has 0 spiro atoms. The van der Waals surface area contributed by atoms with E-state index in [9.17, 15) is 9.90 Å². The molecule has 8 heteroatoms. The molecular weight excluding hydrogens is 332 g/mol. The fourth-order valence-electron chi connectivity index (χ4n) is 3.63. The molecule has 4 rings (SSSR count). The lowest BCUT2D eigenvalue weighted by atomic mass is 10.0. The summed E-state index contributed by atoms with van der Waals surface area (Å²) in [4.78, 5) is 13.0. The first-order valence-electron chi connectivity index (χ1n) is 8.84. The Morgan fingerprint density at radius 3 is 2.69 bits per heavy atom. The minimum absolute atomic E-state index is 0.0948. The van der Waals surface area contributed by atoms with Crippen LogP contribution in [0.15, 0.2) is 17.1 Å². The van der Waals surface area contributed by atoms with E-state index < -0.39 is 5.60 Å². The third-order valence-electron chi connectivity index (χ3n) is 5.31. The molecule has 1 aliphatic rings. The SMILES string of the molecule is CC(C1CC1)n1cc(-c2cc(C(C)(C)O)n(C)n2)c2[nH]nc(N)c2c1=O. The first-order chi connectivity index (χ1) is 12.2. The molecule has 3 aromatic rings. The smallest absolute Gasteiger partial charge is 0.264 e. The van der Waals surface area contributed by atoms with Gasteiger partial charge in [-0.3, -0.25) is 14.6 Å². The Kier molecular flexibility index (Phi) is 3.52. The summed E-state index contributed by atoms with van der Waals surface area (Å²) in [5.41, 5.74) is 7.48. The van der Waals surface area contributed by atoms with Crippen LogP contribution in [-0.2, 0) is 12.6 Å². The number of hydrogen-bond acceptors (Lipinski definition) is 5. The van der Waals surface area contributed by atoms with Gasteiger partial charge in [-0.25, -0.2) is 0 Å². The van der Waals surface area contributed by atoms with E-state index in [2.05, 4.69) is 22.2 Å². The highest BCUT2D eigenvalue weighted by Gasteiger charge is 2.31. The van der Waals surface area contributed by atoms with Crippen molar-refractivity contribution < 1.29 is 5.11 Å². The number of fused-ring (bicyclic) bond motifs is 1. The number of aliphatic hydroxyl groups is 1. The normalized spacial score (nSPS) is 16.3. The van der Waals surface area contributed by atoms with Crippen LogP contribution in [0.3, 0.4) is 0 Å². The van der Waals surface area contributed by atoms with E-state index in [4.69, 9.17) is 5.73 Å². The van der Waals surface area contributed by atoms with Crippen molar-refractivity contribution in [3.63, 3.8) is 0 Å². The first-order valence-corrected chi connectivity index (χ1v) is 8.84. The minimum Gasteiger partial charge on any atom is -0.384 e. The lowest BCUT2D eigenvalue weighted by molar-refractivity contribution is 0.0696. The number of nitrogens with one attached hydrogen (secondary N) is 1. The molecule has 0 amide bonds. The van der Waals surface area contributed by atoms with Crippen molar-refractivity contribution in [2.24, 2.45) is 13.0 Å². The number of hydrogen-bond donors (Lipinski definition) is 3. The van der Waals surface area contributed by atoms with E-state index in [1.165, 1.54) is 0 Å². The summed E-state index contributed by atoms with van der Waals surface area (Å²) in [5, 5.41) is 22.2. The van der Waals surface area contributed by atoms with Crippen LogP contribution in [0.4, 0.5) is 5.82 Å². The Morgan fingerprint density at radius 1 is 1.42 bits per heavy atom. The quantitative estimate of drug-likeness (QED) is 0.660. The molecule has 0 aliphatic heterocycles. The molecule has 4 N–H and O–H groups in total. The first kappa shape index (κ1) is 16.8. The highest BCUT2D eigenvalue weighted by atomic mass is 16.3. The topological polar surface area (TPSA) is 115 Å². The summed E-state index contributed by atoms with van der Waals surface area (Å²) < 4.78 is 3.40. The fourth-order valence-corrected chi connectivity index (χ4v) is 3.63. The Balaban J connectivity index is 1.98. The Labute approximate surface area is 150 Å². The third kappa shape index (κ3) is 2.52. The number of nitrogens with two attached hydrogens (primary N) is 1. The molecule has 0 aromatic carbocycles. The molecule has 26 heavy (non-hydrogen) atoms. The number of rotatable bonds is 4. The Bertz CT molecular complexity index is 1050. The number of aryl methyl sites for hydroxylation is 1. The van der Waals surface area contributed by atoms with E-state index in [0.717, 1.165) is 18.4 Å². The van der Waals surface area contributed by atoms with Crippen LogP contribution in [0, 0.1) is 5.92 Å². The highest BCUT2D eigenvalue weighted by Crippen LogP contribution is 2.40. The summed E-state index contributed by atoms with van der Waals surface area (Å²) in [6, 6.07) is 1.93. The largest absolute Gasteiger partial charge is 0.384 e. The molecule has 0 radical (unpaired) electrons. The second-order valence-corrected chi connectivity index (χ2v) is 7.79. The summed E-state index contributed by atoms with van der Waals surface area (Å²) in [5.74, 6) is 0.712. The van der Waals surface area contributed by atoms with Gasteiger partial charge in [-0.1, -0.05) is 0 Å². The fraction of sp³-hybridized carbons (Fsp3) is 0.500. The van der Waals surface area contributed by atoms with Gasteiger partial charge >= 0.3 is 0 Å². The van der Waals surface area contributed by atoms with Gasteiger partial charge in [0.2, 0.25) is 0 Å². The lowest BCUT2D eigenvalue weighted by Gasteiger charge is -2.16. The van der Waals surface area contributed by atoms with Gasteiger partial charge < -0.3 is 15.4 Å². The van der Waals surface area contributed by atoms with Crippen LogP contribution in [0.1, 0.15) is 45.3 Å². The molecule has 1 fully saturated rings. The van der Waals surface area contributed by atoms with Crippen molar-refractivity contribution in [1.29, 1.82) is 0 Å². The van der Waals surface area contributed by atoms with Crippen LogP contribution in [-0.4, -0.2) is 29.7 Å². The summed E-state index contributed by atoms with van der Waals surface area (Å²) >= 11 is 0. The molecule has 8 nitrogen and oxygen atoms in total. The van der Waals surface area contributed by atoms with Gasteiger partial charge in [0.15, 0.2) is 5.82 Å².